The first kappa shape index (κ1) is 89.5. The fraction of sp³-hybridized carbons (Fsp3) is 0.890. The highest BCUT2D eigenvalue weighted by Crippen LogP contribution is 2.45. The van der Waals surface area contributed by atoms with Crippen LogP contribution in [0, 0.1) is 17.8 Å². The van der Waals surface area contributed by atoms with Gasteiger partial charge in [-0.25, -0.2) is 9.13 Å². The first-order chi connectivity index (χ1) is 44.2. The zero-order valence-corrected chi connectivity index (χ0v) is 61.3. The molecule has 5 atom stereocenters. The van der Waals surface area contributed by atoms with Crippen molar-refractivity contribution in [1.29, 1.82) is 0 Å². The van der Waals surface area contributed by atoms with Gasteiger partial charge in [-0.3, -0.25) is 37.3 Å². The first-order valence-electron chi connectivity index (χ1n) is 37.2. The van der Waals surface area contributed by atoms with E-state index in [4.69, 9.17) is 37.0 Å². The van der Waals surface area contributed by atoms with E-state index in [9.17, 15) is 43.2 Å². The molecule has 0 aliphatic rings. The average molecular weight is 1350 g/mol. The zero-order chi connectivity index (χ0) is 68.0. The van der Waals surface area contributed by atoms with Crippen molar-refractivity contribution < 1.29 is 80.2 Å². The number of hydrogen-bond donors (Lipinski definition) is 3. The molecule has 0 saturated carbocycles. The Labute approximate surface area is 561 Å². The third-order valence-corrected chi connectivity index (χ3v) is 18.2. The van der Waals surface area contributed by atoms with Crippen molar-refractivity contribution in [2.75, 3.05) is 39.6 Å². The number of phosphoric ester groups is 2. The summed E-state index contributed by atoms with van der Waals surface area (Å²) in [6.45, 7) is 11.7. The quantitative estimate of drug-likeness (QED) is 0.0169. The van der Waals surface area contributed by atoms with Crippen LogP contribution in [0.15, 0.2) is 24.3 Å². The normalized spacial score (nSPS) is 14.3. The van der Waals surface area contributed by atoms with E-state index in [2.05, 4.69) is 72.8 Å². The second kappa shape index (κ2) is 63.3. The Morgan fingerprint density at radius 3 is 0.880 bits per heavy atom. The van der Waals surface area contributed by atoms with Crippen molar-refractivity contribution in [3.8, 4) is 0 Å². The summed E-state index contributed by atoms with van der Waals surface area (Å²) in [5.41, 5.74) is 0. The lowest BCUT2D eigenvalue weighted by atomic mass is 10.0. The molecule has 0 bridgehead atoms. The van der Waals surface area contributed by atoms with Gasteiger partial charge < -0.3 is 33.8 Å². The van der Waals surface area contributed by atoms with Crippen molar-refractivity contribution in [3.05, 3.63) is 24.3 Å². The van der Waals surface area contributed by atoms with Gasteiger partial charge in [0.05, 0.1) is 26.4 Å². The molecule has 0 aromatic rings. The Balaban J connectivity index is 5.29. The van der Waals surface area contributed by atoms with Crippen LogP contribution in [-0.4, -0.2) is 96.7 Å². The van der Waals surface area contributed by atoms with Gasteiger partial charge in [-0.1, -0.05) is 291 Å². The number of aliphatic hydroxyl groups excluding tert-OH is 1. The standard InChI is InChI=1S/C73H138O17P2/c1-8-9-10-11-12-13-14-15-16-17-22-28-33-42-49-56-72(77)89-68(60-83-70(75)54-47-40-32-27-23-18-20-25-30-37-44-51-64(2)3)62-87-91(79,80)85-58-67(74)59-86-92(81,82)88-63-69(61-84-71(76)55-48-41-36-35-39-46-53-66(6)7)90-73(78)57-50-43-34-29-24-19-21-26-31-38-45-52-65(4)5/h13-16,64-69,74H,8-12,17-63H2,1-7H3,(H,79,80)(H,81,82)/b14-13-,16-15-/t67-,68-,69-/m1/s1. The van der Waals surface area contributed by atoms with Crippen LogP contribution in [0.4, 0.5) is 0 Å². The molecule has 0 radical (unpaired) electrons. The molecule has 0 aliphatic heterocycles. The molecule has 3 N–H and O–H groups in total. The molecule has 0 aromatic heterocycles. The Morgan fingerprint density at radius 2 is 0.587 bits per heavy atom. The van der Waals surface area contributed by atoms with Gasteiger partial charge in [0.15, 0.2) is 12.2 Å². The molecule has 0 aliphatic carbocycles. The van der Waals surface area contributed by atoms with Crippen LogP contribution < -0.4 is 0 Å². The minimum Gasteiger partial charge on any atom is -0.462 e. The number of carbonyl (C=O) groups excluding carboxylic acids is 4. The summed E-state index contributed by atoms with van der Waals surface area (Å²) in [7, 11) is -9.92. The molecule has 0 spiro atoms. The van der Waals surface area contributed by atoms with E-state index in [1.165, 1.54) is 135 Å². The lowest BCUT2D eigenvalue weighted by Gasteiger charge is -2.21. The second-order valence-corrected chi connectivity index (χ2v) is 30.0. The van der Waals surface area contributed by atoms with E-state index in [-0.39, 0.29) is 25.7 Å². The number of rotatable bonds is 69. The Hall–Kier alpha value is -2.46. The number of esters is 4. The Bertz CT molecular complexity index is 1890. The molecular weight excluding hydrogens is 1210 g/mol. The third-order valence-electron chi connectivity index (χ3n) is 16.3. The number of unbranched alkanes of at least 4 members (excludes halogenated alkanes) is 34. The molecule has 542 valence electrons. The number of phosphoric acid groups is 2. The van der Waals surface area contributed by atoms with Crippen molar-refractivity contribution >= 4 is 39.5 Å². The van der Waals surface area contributed by atoms with E-state index < -0.39 is 97.5 Å². The number of hydrogen-bond acceptors (Lipinski definition) is 15. The number of allylic oxidation sites excluding steroid dienone is 4. The fourth-order valence-electron chi connectivity index (χ4n) is 10.5. The van der Waals surface area contributed by atoms with Crippen molar-refractivity contribution in [2.45, 2.75) is 362 Å². The average Bonchev–Trinajstić information content (AvgIpc) is 2.37. The van der Waals surface area contributed by atoms with Crippen molar-refractivity contribution in [2.24, 2.45) is 17.8 Å². The summed E-state index contributed by atoms with van der Waals surface area (Å²) in [5.74, 6) is 0.0555. The van der Waals surface area contributed by atoms with Gasteiger partial charge in [0.1, 0.15) is 19.3 Å². The van der Waals surface area contributed by atoms with E-state index in [1.807, 2.05) is 0 Å². The summed E-state index contributed by atoms with van der Waals surface area (Å²) in [4.78, 5) is 72.6. The summed E-state index contributed by atoms with van der Waals surface area (Å²) < 4.78 is 68.3. The van der Waals surface area contributed by atoms with E-state index >= 15 is 0 Å². The van der Waals surface area contributed by atoms with E-state index in [0.29, 0.717) is 31.6 Å². The summed E-state index contributed by atoms with van der Waals surface area (Å²) >= 11 is 0. The molecule has 2 unspecified atom stereocenters. The molecular formula is C73H138O17P2. The number of carbonyl (C=O) groups is 4. The van der Waals surface area contributed by atoms with Gasteiger partial charge in [-0.15, -0.1) is 0 Å². The van der Waals surface area contributed by atoms with Crippen LogP contribution in [0.1, 0.15) is 344 Å². The lowest BCUT2D eigenvalue weighted by Crippen LogP contribution is -2.30. The van der Waals surface area contributed by atoms with Crippen LogP contribution in [0.5, 0.6) is 0 Å². The second-order valence-electron chi connectivity index (χ2n) is 27.1. The first-order valence-corrected chi connectivity index (χ1v) is 40.2. The fourth-order valence-corrected chi connectivity index (χ4v) is 12.1. The summed E-state index contributed by atoms with van der Waals surface area (Å²) in [6.07, 6.45) is 50.9. The van der Waals surface area contributed by atoms with E-state index in [1.54, 1.807) is 0 Å². The predicted octanol–water partition coefficient (Wildman–Crippen LogP) is 20.6. The number of ether oxygens (including phenoxy) is 4. The Kier molecular flexibility index (Phi) is 61.6. The van der Waals surface area contributed by atoms with Gasteiger partial charge in [-0.2, -0.15) is 0 Å². The zero-order valence-electron chi connectivity index (χ0n) is 59.5. The van der Waals surface area contributed by atoms with Crippen LogP contribution in [0.3, 0.4) is 0 Å². The van der Waals surface area contributed by atoms with Crippen LogP contribution in [0.25, 0.3) is 0 Å². The molecule has 0 saturated heterocycles. The summed E-state index contributed by atoms with van der Waals surface area (Å²) in [6, 6.07) is 0. The maximum Gasteiger partial charge on any atom is 0.472 e. The highest BCUT2D eigenvalue weighted by molar-refractivity contribution is 7.47. The maximum atomic E-state index is 13.0. The summed E-state index contributed by atoms with van der Waals surface area (Å²) in [5, 5.41) is 10.6. The van der Waals surface area contributed by atoms with Crippen molar-refractivity contribution in [3.63, 3.8) is 0 Å². The molecule has 0 rings (SSSR count). The predicted molar refractivity (Wildman–Crippen MR) is 372 cm³/mol. The molecule has 92 heavy (non-hydrogen) atoms. The lowest BCUT2D eigenvalue weighted by molar-refractivity contribution is -0.161. The van der Waals surface area contributed by atoms with Gasteiger partial charge in [0.25, 0.3) is 0 Å². The Morgan fingerprint density at radius 1 is 0.337 bits per heavy atom. The molecule has 0 heterocycles. The smallest absolute Gasteiger partial charge is 0.462 e. The van der Waals surface area contributed by atoms with Crippen LogP contribution >= 0.6 is 15.6 Å². The highest BCUT2D eigenvalue weighted by Gasteiger charge is 2.30. The maximum absolute atomic E-state index is 13.0. The minimum absolute atomic E-state index is 0.0844. The third kappa shape index (κ3) is 66.2. The molecule has 17 nitrogen and oxygen atoms in total. The van der Waals surface area contributed by atoms with Gasteiger partial charge in [0.2, 0.25) is 0 Å². The molecule has 0 aromatic carbocycles. The molecule has 0 fully saturated rings. The topological polar surface area (TPSA) is 237 Å². The SMILES string of the molecule is CCCCCC/C=C\C=C/CCCCCCCC(=O)O[C@H](COC(=O)CCCCCCCCCCCCCC(C)C)COP(=O)(O)OC[C@@H](O)COP(=O)(O)OC[C@@H](COC(=O)CCCCCCCCC(C)C)OC(=O)CCCCCCCCCCCCCC(C)C. The monoisotopic (exact) mass is 1350 g/mol. The highest BCUT2D eigenvalue weighted by atomic mass is 31.2. The van der Waals surface area contributed by atoms with Gasteiger partial charge in [-0.05, 0) is 69.1 Å². The molecule has 19 heteroatoms. The number of aliphatic hydroxyl groups is 1. The van der Waals surface area contributed by atoms with Gasteiger partial charge >= 0.3 is 39.5 Å². The van der Waals surface area contributed by atoms with Crippen LogP contribution in [-0.2, 0) is 65.4 Å². The van der Waals surface area contributed by atoms with E-state index in [0.717, 1.165) is 121 Å². The van der Waals surface area contributed by atoms with Crippen LogP contribution in [0.2, 0.25) is 0 Å². The van der Waals surface area contributed by atoms with Crippen molar-refractivity contribution in [1.82, 2.24) is 0 Å². The minimum atomic E-state index is -4.96. The van der Waals surface area contributed by atoms with Gasteiger partial charge in [0, 0.05) is 25.7 Å². The largest absolute Gasteiger partial charge is 0.472 e. The molecule has 0 amide bonds.